The first-order valence-corrected chi connectivity index (χ1v) is 6.27. The summed E-state index contributed by atoms with van der Waals surface area (Å²) < 4.78 is 0. The van der Waals surface area contributed by atoms with E-state index < -0.39 is 44.8 Å². The predicted molar refractivity (Wildman–Crippen MR) is 73.2 cm³/mol. The van der Waals surface area contributed by atoms with Crippen molar-refractivity contribution in [3.8, 4) is 0 Å². The van der Waals surface area contributed by atoms with Crippen molar-refractivity contribution in [1.82, 2.24) is 0 Å². The summed E-state index contributed by atoms with van der Waals surface area (Å²) >= 11 is 0. The lowest BCUT2D eigenvalue weighted by molar-refractivity contribution is -0.394. The number of hydrogen-bond donors (Lipinski definition) is 0. The lowest BCUT2D eigenvalue weighted by Crippen LogP contribution is -2.17. The third kappa shape index (κ3) is 3.68. The van der Waals surface area contributed by atoms with Crippen molar-refractivity contribution in [2.75, 3.05) is 0 Å². The molecule has 21 heavy (non-hydrogen) atoms. The number of Topliss-reactive ketones (excluding diaryl/α,β-unsaturated/α-hetero) is 2. The van der Waals surface area contributed by atoms with Crippen LogP contribution in [0, 0.1) is 26.1 Å². The normalized spacial score (nSPS) is 11.7. The molecule has 8 nitrogen and oxygen atoms in total. The number of hydrogen-bond acceptors (Lipinski definition) is 6. The largest absolute Gasteiger partial charge is 0.299 e. The Labute approximate surface area is 120 Å². The van der Waals surface area contributed by atoms with Crippen LogP contribution >= 0.6 is 0 Å². The summed E-state index contributed by atoms with van der Waals surface area (Å²) in [6.07, 6.45) is -0.0637. The standard InChI is InChI=1S/C13H14N2O6/c1-3-8(2)11(16)7-12(17)13-9(14(18)19)5-4-6-10(13)15(20)21/h4-6,8H,3,7H2,1-2H3. The molecule has 0 bridgehead atoms. The topological polar surface area (TPSA) is 120 Å². The minimum atomic E-state index is -0.903. The first kappa shape index (κ1) is 16.4. The molecule has 0 aliphatic rings. The molecule has 0 N–H and O–H groups in total. The van der Waals surface area contributed by atoms with Crippen molar-refractivity contribution in [1.29, 1.82) is 0 Å². The van der Waals surface area contributed by atoms with Gasteiger partial charge in [0.05, 0.1) is 16.3 Å². The van der Waals surface area contributed by atoms with Gasteiger partial charge >= 0.3 is 0 Å². The van der Waals surface area contributed by atoms with Gasteiger partial charge in [0.15, 0.2) is 11.3 Å². The zero-order valence-electron chi connectivity index (χ0n) is 11.6. The molecule has 0 saturated heterocycles. The third-order valence-electron chi connectivity index (χ3n) is 3.19. The van der Waals surface area contributed by atoms with Gasteiger partial charge in [-0.3, -0.25) is 29.8 Å². The summed E-state index contributed by atoms with van der Waals surface area (Å²) in [5, 5.41) is 21.8. The lowest BCUT2D eigenvalue weighted by atomic mass is 9.95. The van der Waals surface area contributed by atoms with Gasteiger partial charge < -0.3 is 0 Å². The number of benzene rings is 1. The van der Waals surface area contributed by atoms with Crippen molar-refractivity contribution in [3.05, 3.63) is 44.0 Å². The monoisotopic (exact) mass is 294 g/mol. The van der Waals surface area contributed by atoms with E-state index in [0.717, 1.165) is 18.2 Å². The summed E-state index contributed by atoms with van der Waals surface area (Å²) in [6.45, 7) is 3.39. The van der Waals surface area contributed by atoms with Crippen molar-refractivity contribution in [2.24, 2.45) is 5.92 Å². The Balaban J connectivity index is 3.27. The number of carbonyl (C=O) groups is 2. The highest BCUT2D eigenvalue weighted by Gasteiger charge is 2.31. The molecule has 0 fully saturated rings. The van der Waals surface area contributed by atoms with Crippen LogP contribution in [0.25, 0.3) is 0 Å². The second-order valence-electron chi connectivity index (χ2n) is 4.56. The minimum Gasteiger partial charge on any atom is -0.299 e. The molecule has 0 aliphatic carbocycles. The summed E-state index contributed by atoms with van der Waals surface area (Å²) in [4.78, 5) is 44.0. The van der Waals surface area contributed by atoms with E-state index in [2.05, 4.69) is 0 Å². The average Bonchev–Trinajstić information content (AvgIpc) is 2.44. The molecule has 0 heterocycles. The summed E-state index contributed by atoms with van der Waals surface area (Å²) in [7, 11) is 0. The molecule has 0 amide bonds. The maximum atomic E-state index is 12.1. The van der Waals surface area contributed by atoms with E-state index in [-0.39, 0.29) is 5.92 Å². The Morgan fingerprint density at radius 2 is 1.62 bits per heavy atom. The fourth-order valence-electron chi connectivity index (χ4n) is 1.77. The molecule has 1 aromatic carbocycles. The quantitative estimate of drug-likeness (QED) is 0.330. The van der Waals surface area contributed by atoms with Crippen LogP contribution in [0.15, 0.2) is 18.2 Å². The van der Waals surface area contributed by atoms with E-state index in [0.29, 0.717) is 6.42 Å². The lowest BCUT2D eigenvalue weighted by Gasteiger charge is -2.07. The van der Waals surface area contributed by atoms with Crippen LogP contribution < -0.4 is 0 Å². The molecule has 0 aromatic heterocycles. The zero-order chi connectivity index (χ0) is 16.2. The second-order valence-corrected chi connectivity index (χ2v) is 4.56. The van der Waals surface area contributed by atoms with Gasteiger partial charge in [0.25, 0.3) is 11.4 Å². The van der Waals surface area contributed by atoms with Gasteiger partial charge in [0.1, 0.15) is 5.78 Å². The first-order chi connectivity index (χ1) is 9.79. The van der Waals surface area contributed by atoms with Crippen LogP contribution in [-0.4, -0.2) is 21.4 Å². The van der Waals surface area contributed by atoms with Crippen LogP contribution in [0.5, 0.6) is 0 Å². The SMILES string of the molecule is CCC(C)C(=O)CC(=O)c1c([N+](=O)[O-])cccc1[N+](=O)[O-]. The van der Waals surface area contributed by atoms with Crippen molar-refractivity contribution >= 4 is 22.9 Å². The predicted octanol–water partition coefficient (Wildman–Crippen LogP) is 2.69. The second kappa shape index (κ2) is 6.69. The summed E-state index contributed by atoms with van der Waals surface area (Å²) in [6, 6.07) is 3.14. The van der Waals surface area contributed by atoms with Crippen LogP contribution in [-0.2, 0) is 4.79 Å². The highest BCUT2D eigenvalue weighted by atomic mass is 16.6. The van der Waals surface area contributed by atoms with E-state index in [4.69, 9.17) is 0 Å². The van der Waals surface area contributed by atoms with E-state index in [1.54, 1.807) is 13.8 Å². The Bertz CT molecular complexity index is 578. The van der Waals surface area contributed by atoms with Crippen molar-refractivity contribution < 1.29 is 19.4 Å². The molecule has 0 spiro atoms. The maximum Gasteiger partial charge on any atom is 0.287 e. The number of rotatable bonds is 7. The smallest absolute Gasteiger partial charge is 0.287 e. The first-order valence-electron chi connectivity index (χ1n) is 6.27. The number of nitrogens with zero attached hydrogens (tertiary/aromatic N) is 2. The van der Waals surface area contributed by atoms with Gasteiger partial charge in [0, 0.05) is 18.1 Å². The van der Waals surface area contributed by atoms with E-state index >= 15 is 0 Å². The average molecular weight is 294 g/mol. The Kier molecular flexibility index (Phi) is 5.23. The van der Waals surface area contributed by atoms with Crippen molar-refractivity contribution in [2.45, 2.75) is 26.7 Å². The molecule has 0 radical (unpaired) electrons. The zero-order valence-corrected chi connectivity index (χ0v) is 11.6. The Hall–Kier alpha value is -2.64. The fourth-order valence-corrected chi connectivity index (χ4v) is 1.77. The van der Waals surface area contributed by atoms with Gasteiger partial charge in [-0.25, -0.2) is 0 Å². The highest BCUT2D eigenvalue weighted by molar-refractivity contribution is 6.12. The van der Waals surface area contributed by atoms with E-state index in [1.807, 2.05) is 0 Å². The fraction of sp³-hybridized carbons (Fsp3) is 0.385. The van der Waals surface area contributed by atoms with Gasteiger partial charge in [-0.15, -0.1) is 0 Å². The van der Waals surface area contributed by atoms with Gasteiger partial charge in [-0.1, -0.05) is 13.8 Å². The van der Waals surface area contributed by atoms with Crippen LogP contribution in [0.4, 0.5) is 11.4 Å². The number of nitro benzene ring substituents is 2. The van der Waals surface area contributed by atoms with Crippen LogP contribution in [0.2, 0.25) is 0 Å². The van der Waals surface area contributed by atoms with Crippen molar-refractivity contribution in [3.63, 3.8) is 0 Å². The molecule has 8 heteroatoms. The van der Waals surface area contributed by atoms with E-state index in [1.165, 1.54) is 0 Å². The molecule has 1 aromatic rings. The summed E-state index contributed by atoms with van der Waals surface area (Å²) in [5.41, 5.74) is -1.94. The van der Waals surface area contributed by atoms with Crippen LogP contribution in [0.3, 0.4) is 0 Å². The molecular weight excluding hydrogens is 280 g/mol. The third-order valence-corrected chi connectivity index (χ3v) is 3.19. The Morgan fingerprint density at radius 1 is 1.14 bits per heavy atom. The molecule has 0 aliphatic heterocycles. The van der Waals surface area contributed by atoms with Gasteiger partial charge in [-0.05, 0) is 12.5 Å². The van der Waals surface area contributed by atoms with Gasteiger partial charge in [0.2, 0.25) is 0 Å². The molecule has 1 atom stereocenters. The number of ketones is 2. The molecule has 112 valence electrons. The summed E-state index contributed by atoms with van der Waals surface area (Å²) in [5.74, 6) is -1.68. The van der Waals surface area contributed by atoms with Gasteiger partial charge in [-0.2, -0.15) is 0 Å². The Morgan fingerprint density at radius 3 is 2.00 bits per heavy atom. The number of carbonyl (C=O) groups excluding carboxylic acids is 2. The van der Waals surface area contributed by atoms with Crippen LogP contribution in [0.1, 0.15) is 37.0 Å². The highest BCUT2D eigenvalue weighted by Crippen LogP contribution is 2.29. The van der Waals surface area contributed by atoms with E-state index in [9.17, 15) is 29.8 Å². The minimum absolute atomic E-state index is 0.379. The molecule has 1 unspecified atom stereocenters. The molecule has 0 saturated carbocycles. The number of nitro groups is 2. The molecule has 1 rings (SSSR count). The maximum absolute atomic E-state index is 12.1. The molecular formula is C13H14N2O6.